The van der Waals surface area contributed by atoms with Gasteiger partial charge in [0.15, 0.2) is 11.5 Å². The summed E-state index contributed by atoms with van der Waals surface area (Å²) in [5, 5.41) is 2.62. The number of nitrogens with one attached hydrogen (secondary N) is 1. The summed E-state index contributed by atoms with van der Waals surface area (Å²) in [7, 11) is 4.06. The highest BCUT2D eigenvalue weighted by Gasteiger charge is 2.50. The fourth-order valence-electron chi connectivity index (χ4n) is 3.36. The highest BCUT2D eigenvalue weighted by molar-refractivity contribution is 6.20. The second-order valence-corrected chi connectivity index (χ2v) is 6.85. The molecule has 164 valence electrons. The first-order chi connectivity index (χ1) is 14.8. The summed E-state index contributed by atoms with van der Waals surface area (Å²) in [5.41, 5.74) is -1.14. The van der Waals surface area contributed by atoms with Gasteiger partial charge in [0.05, 0.1) is 38.3 Å². The third kappa shape index (κ3) is 3.74. The Kier molecular flexibility index (Phi) is 6.05. The zero-order valence-corrected chi connectivity index (χ0v) is 18.0. The van der Waals surface area contributed by atoms with Gasteiger partial charge in [0.1, 0.15) is 5.75 Å². The van der Waals surface area contributed by atoms with Gasteiger partial charge < -0.3 is 29.2 Å². The number of para-hydroxylation sites is 2. The molecule has 0 saturated carbocycles. The molecule has 2 amide bonds. The van der Waals surface area contributed by atoms with Gasteiger partial charge in [-0.3, -0.25) is 9.59 Å². The Bertz CT molecular complexity index is 1040. The zero-order valence-electron chi connectivity index (χ0n) is 18.0. The van der Waals surface area contributed by atoms with Crippen LogP contribution in [0.3, 0.4) is 0 Å². The van der Waals surface area contributed by atoms with E-state index in [4.69, 9.17) is 18.9 Å². The van der Waals surface area contributed by atoms with Crippen LogP contribution in [0.4, 0.5) is 11.4 Å². The number of carbonyl (C=O) groups is 3. The molecule has 31 heavy (non-hydrogen) atoms. The maximum atomic E-state index is 13.3. The number of likely N-dealkylation sites (N-methyl/N-ethyl adjacent to an activating group) is 1. The topological polar surface area (TPSA) is 103 Å². The van der Waals surface area contributed by atoms with E-state index in [1.807, 2.05) is 6.92 Å². The summed E-state index contributed by atoms with van der Waals surface area (Å²) in [6, 6.07) is 9.78. The van der Waals surface area contributed by atoms with Crippen molar-refractivity contribution < 1.29 is 33.3 Å². The molecule has 0 bridgehead atoms. The average Bonchev–Trinajstić information content (AvgIpc) is 2.78. The number of carbonyl (C=O) groups excluding carboxylic acids is 3. The SMILES string of the molecule is CCN1C(=O)C(C)(C(=O)Nc2cc(OC)c(OC)cc2C(=O)OC)Oc2ccccc21. The highest BCUT2D eigenvalue weighted by Crippen LogP contribution is 2.39. The first-order valence-electron chi connectivity index (χ1n) is 9.56. The van der Waals surface area contributed by atoms with Gasteiger partial charge in [0.2, 0.25) is 0 Å². The minimum atomic E-state index is -1.86. The smallest absolute Gasteiger partial charge is 0.340 e. The Morgan fingerprint density at radius 1 is 1.10 bits per heavy atom. The minimum absolute atomic E-state index is 0.0353. The Morgan fingerprint density at radius 3 is 2.35 bits per heavy atom. The predicted octanol–water partition coefficient (Wildman–Crippen LogP) is 2.63. The monoisotopic (exact) mass is 428 g/mol. The van der Waals surface area contributed by atoms with Crippen molar-refractivity contribution in [3.8, 4) is 17.2 Å². The van der Waals surface area contributed by atoms with Crippen molar-refractivity contribution in [3.63, 3.8) is 0 Å². The molecule has 0 saturated heterocycles. The Balaban J connectivity index is 2.02. The maximum absolute atomic E-state index is 13.3. The fourth-order valence-corrected chi connectivity index (χ4v) is 3.36. The third-order valence-corrected chi connectivity index (χ3v) is 5.05. The number of esters is 1. The van der Waals surface area contributed by atoms with Gasteiger partial charge in [-0.2, -0.15) is 0 Å². The molecule has 2 aromatic carbocycles. The van der Waals surface area contributed by atoms with Gasteiger partial charge in [-0.15, -0.1) is 0 Å². The molecular formula is C22H24N2O7. The average molecular weight is 428 g/mol. The molecule has 1 unspecified atom stereocenters. The molecule has 1 aliphatic heterocycles. The van der Waals surface area contributed by atoms with E-state index in [1.165, 1.54) is 45.3 Å². The van der Waals surface area contributed by atoms with Crippen molar-refractivity contribution in [1.82, 2.24) is 0 Å². The van der Waals surface area contributed by atoms with Crippen LogP contribution < -0.4 is 24.4 Å². The van der Waals surface area contributed by atoms with Gasteiger partial charge in [-0.1, -0.05) is 12.1 Å². The molecule has 3 rings (SSSR count). The highest BCUT2D eigenvalue weighted by atomic mass is 16.5. The lowest BCUT2D eigenvalue weighted by Gasteiger charge is -2.39. The molecule has 1 N–H and O–H groups in total. The number of methoxy groups -OCH3 is 3. The Hall–Kier alpha value is -3.75. The largest absolute Gasteiger partial charge is 0.493 e. The summed E-state index contributed by atoms with van der Waals surface area (Å²) in [4.78, 5) is 40.2. The van der Waals surface area contributed by atoms with Crippen LogP contribution in [0.2, 0.25) is 0 Å². The van der Waals surface area contributed by atoms with Crippen LogP contribution in [0.5, 0.6) is 17.2 Å². The quantitative estimate of drug-likeness (QED) is 0.557. The van der Waals surface area contributed by atoms with E-state index in [-0.39, 0.29) is 22.7 Å². The van der Waals surface area contributed by atoms with Crippen molar-refractivity contribution in [2.45, 2.75) is 19.4 Å². The molecule has 1 aliphatic rings. The summed E-state index contributed by atoms with van der Waals surface area (Å²) in [6.45, 7) is 3.55. The molecule has 1 atom stereocenters. The lowest BCUT2D eigenvalue weighted by atomic mass is 9.99. The fraction of sp³-hybridized carbons (Fsp3) is 0.318. The van der Waals surface area contributed by atoms with E-state index in [0.717, 1.165) is 0 Å². The number of ether oxygens (including phenoxy) is 4. The number of benzene rings is 2. The molecule has 0 aromatic heterocycles. The van der Waals surface area contributed by atoms with Gasteiger partial charge in [0.25, 0.3) is 17.4 Å². The summed E-state index contributed by atoms with van der Waals surface area (Å²) in [6.07, 6.45) is 0. The molecule has 1 heterocycles. The number of amides is 2. The van der Waals surface area contributed by atoms with Crippen molar-refractivity contribution in [3.05, 3.63) is 42.0 Å². The third-order valence-electron chi connectivity index (χ3n) is 5.05. The standard InChI is InChI=1S/C22H24N2O7/c1-6-24-15-9-7-8-10-16(15)31-22(2,21(24)27)20(26)23-14-12-18(29-4)17(28-3)11-13(14)19(25)30-5/h7-12H,6H2,1-5H3,(H,23,26). The molecule has 0 aliphatic carbocycles. The normalized spacial score (nSPS) is 17.3. The number of hydrogen-bond acceptors (Lipinski definition) is 7. The van der Waals surface area contributed by atoms with Gasteiger partial charge in [-0.05, 0) is 26.0 Å². The Morgan fingerprint density at radius 2 is 1.74 bits per heavy atom. The zero-order chi connectivity index (χ0) is 22.8. The molecule has 0 radical (unpaired) electrons. The molecular weight excluding hydrogens is 404 g/mol. The van der Waals surface area contributed by atoms with Crippen molar-refractivity contribution in [1.29, 1.82) is 0 Å². The number of fused-ring (bicyclic) bond motifs is 1. The van der Waals surface area contributed by atoms with Crippen molar-refractivity contribution in [2.24, 2.45) is 0 Å². The van der Waals surface area contributed by atoms with Crippen molar-refractivity contribution in [2.75, 3.05) is 38.1 Å². The molecule has 9 nitrogen and oxygen atoms in total. The molecule has 2 aromatic rings. The number of nitrogens with zero attached hydrogens (tertiary/aromatic N) is 1. The van der Waals surface area contributed by atoms with Gasteiger partial charge >= 0.3 is 5.97 Å². The van der Waals surface area contributed by atoms with E-state index in [0.29, 0.717) is 18.0 Å². The maximum Gasteiger partial charge on any atom is 0.340 e. The van der Waals surface area contributed by atoms with Crippen LogP contribution in [0.25, 0.3) is 0 Å². The van der Waals surface area contributed by atoms with E-state index in [9.17, 15) is 14.4 Å². The van der Waals surface area contributed by atoms with E-state index < -0.39 is 23.4 Å². The van der Waals surface area contributed by atoms with Crippen LogP contribution in [0.15, 0.2) is 36.4 Å². The van der Waals surface area contributed by atoms with Crippen LogP contribution in [0, 0.1) is 0 Å². The van der Waals surface area contributed by atoms with E-state index in [2.05, 4.69) is 5.32 Å². The van der Waals surface area contributed by atoms with Gasteiger partial charge in [-0.25, -0.2) is 4.79 Å². The Labute approximate surface area is 179 Å². The summed E-state index contributed by atoms with van der Waals surface area (Å²) in [5.74, 6) is -0.996. The first kappa shape index (κ1) is 21.9. The lowest BCUT2D eigenvalue weighted by Crippen LogP contribution is -2.60. The first-order valence-corrected chi connectivity index (χ1v) is 9.56. The minimum Gasteiger partial charge on any atom is -0.493 e. The van der Waals surface area contributed by atoms with Crippen LogP contribution in [0.1, 0.15) is 24.2 Å². The lowest BCUT2D eigenvalue weighted by molar-refractivity contribution is -0.145. The van der Waals surface area contributed by atoms with E-state index >= 15 is 0 Å². The van der Waals surface area contributed by atoms with Crippen LogP contribution in [-0.4, -0.2) is 51.3 Å². The molecule has 9 heteroatoms. The van der Waals surface area contributed by atoms with Crippen LogP contribution >= 0.6 is 0 Å². The number of rotatable bonds is 6. The molecule has 0 fully saturated rings. The second-order valence-electron chi connectivity index (χ2n) is 6.85. The van der Waals surface area contributed by atoms with Crippen LogP contribution in [-0.2, 0) is 14.3 Å². The summed E-state index contributed by atoms with van der Waals surface area (Å²) < 4.78 is 21.1. The number of anilines is 2. The summed E-state index contributed by atoms with van der Waals surface area (Å²) >= 11 is 0. The van der Waals surface area contributed by atoms with E-state index in [1.54, 1.807) is 24.3 Å². The number of hydrogen-bond donors (Lipinski definition) is 1. The van der Waals surface area contributed by atoms with Crippen molar-refractivity contribution >= 4 is 29.2 Å². The predicted molar refractivity (Wildman–Crippen MR) is 113 cm³/mol. The molecule has 0 spiro atoms. The second kappa shape index (κ2) is 8.55. The van der Waals surface area contributed by atoms with Gasteiger partial charge in [0, 0.05) is 18.7 Å².